The van der Waals surface area contributed by atoms with Crippen LogP contribution in [0.15, 0.2) is 23.3 Å². The van der Waals surface area contributed by atoms with Crippen LogP contribution >= 0.6 is 0 Å². The Labute approximate surface area is 173 Å². The average Bonchev–Trinajstić information content (AvgIpc) is 3.07. The number of aromatic hydroxyl groups is 1. The number of nitrogens with zero attached hydrogens (tertiary/aromatic N) is 3. The van der Waals surface area contributed by atoms with Gasteiger partial charge >= 0.3 is 6.09 Å². The van der Waals surface area contributed by atoms with Gasteiger partial charge in [0, 0.05) is 13.1 Å². The minimum Gasteiger partial charge on any atom is -0.505 e. The molecule has 2 aromatic rings. The molecule has 0 bridgehead atoms. The fourth-order valence-corrected chi connectivity index (χ4v) is 4.20. The van der Waals surface area contributed by atoms with Crippen LogP contribution in [-0.2, 0) is 9.47 Å². The second-order valence-corrected chi connectivity index (χ2v) is 9.07. The normalized spacial score (nSPS) is 21.3. The first-order valence-electron chi connectivity index (χ1n) is 10.1. The molecule has 1 aromatic carbocycles. The predicted molar refractivity (Wildman–Crippen MR) is 107 cm³/mol. The third-order valence-corrected chi connectivity index (χ3v) is 5.78. The van der Waals surface area contributed by atoms with Gasteiger partial charge in [-0.3, -0.25) is 9.36 Å². The summed E-state index contributed by atoms with van der Waals surface area (Å²) in [5.41, 5.74) is -1.32. The van der Waals surface area contributed by atoms with E-state index in [-0.39, 0.29) is 23.0 Å². The number of carbonyl (C=O) groups is 1. The summed E-state index contributed by atoms with van der Waals surface area (Å²) in [5, 5.41) is 9.39. The molecule has 1 aromatic heterocycles. The number of phenolic OH excluding ortho intramolecular Hbond substituents is 1. The summed E-state index contributed by atoms with van der Waals surface area (Å²) in [6.45, 7) is 6.82. The number of rotatable bonds is 1. The molecule has 2 aliphatic heterocycles. The van der Waals surface area contributed by atoms with Crippen LogP contribution in [-0.4, -0.2) is 56.5 Å². The fraction of sp³-hybridized carbons (Fsp3) is 0.571. The number of aromatic nitrogens is 2. The molecule has 4 rings (SSSR count). The van der Waals surface area contributed by atoms with Crippen molar-refractivity contribution in [1.29, 1.82) is 0 Å². The van der Waals surface area contributed by atoms with Crippen molar-refractivity contribution in [3.8, 4) is 5.75 Å². The van der Waals surface area contributed by atoms with Gasteiger partial charge in [-0.05, 0) is 52.2 Å². The Morgan fingerprint density at radius 2 is 2.03 bits per heavy atom. The van der Waals surface area contributed by atoms with E-state index in [1.54, 1.807) is 4.90 Å². The van der Waals surface area contributed by atoms with Gasteiger partial charge in [0.1, 0.15) is 11.0 Å². The number of hydrogen-bond acceptors (Lipinski definition) is 6. The van der Waals surface area contributed by atoms with Crippen molar-refractivity contribution in [2.24, 2.45) is 0 Å². The average molecular weight is 419 g/mol. The van der Waals surface area contributed by atoms with Crippen LogP contribution in [0.25, 0.3) is 10.9 Å². The summed E-state index contributed by atoms with van der Waals surface area (Å²) in [6, 6.07) is 2.31. The van der Waals surface area contributed by atoms with E-state index >= 15 is 0 Å². The molecule has 3 heterocycles. The number of likely N-dealkylation sites (tertiary alicyclic amines) is 1. The Kier molecular flexibility index (Phi) is 4.96. The molecule has 162 valence electrons. The summed E-state index contributed by atoms with van der Waals surface area (Å²) >= 11 is 0. The molecule has 1 atom stereocenters. The summed E-state index contributed by atoms with van der Waals surface area (Å²) < 4.78 is 27.2. The van der Waals surface area contributed by atoms with Gasteiger partial charge in [-0.25, -0.2) is 14.2 Å². The topological polar surface area (TPSA) is 93.9 Å². The van der Waals surface area contributed by atoms with E-state index in [4.69, 9.17) is 9.47 Å². The highest BCUT2D eigenvalue weighted by atomic mass is 19.1. The second kappa shape index (κ2) is 7.23. The van der Waals surface area contributed by atoms with E-state index in [0.29, 0.717) is 39.0 Å². The number of piperidine rings is 1. The van der Waals surface area contributed by atoms with E-state index in [0.717, 1.165) is 0 Å². The van der Waals surface area contributed by atoms with Crippen LogP contribution in [0.2, 0.25) is 0 Å². The number of benzene rings is 1. The van der Waals surface area contributed by atoms with Crippen LogP contribution in [0.1, 0.15) is 46.1 Å². The van der Waals surface area contributed by atoms with Gasteiger partial charge in [0.2, 0.25) is 0 Å². The van der Waals surface area contributed by atoms with Crippen molar-refractivity contribution < 1.29 is 23.8 Å². The fourth-order valence-electron chi connectivity index (χ4n) is 4.20. The number of ether oxygens (including phenoxy) is 2. The van der Waals surface area contributed by atoms with Crippen LogP contribution < -0.4 is 5.56 Å². The van der Waals surface area contributed by atoms with Gasteiger partial charge in [-0.2, -0.15) is 0 Å². The molecule has 30 heavy (non-hydrogen) atoms. The van der Waals surface area contributed by atoms with E-state index < -0.39 is 28.3 Å². The molecule has 1 unspecified atom stereocenters. The molecule has 1 amide bonds. The molecule has 1 N–H and O–H groups in total. The van der Waals surface area contributed by atoms with Crippen LogP contribution in [0.3, 0.4) is 0 Å². The lowest BCUT2D eigenvalue weighted by atomic mass is 9.87. The van der Waals surface area contributed by atoms with Crippen molar-refractivity contribution in [2.45, 2.75) is 57.3 Å². The van der Waals surface area contributed by atoms with Gasteiger partial charge < -0.3 is 19.5 Å². The van der Waals surface area contributed by atoms with Gasteiger partial charge in [0.25, 0.3) is 5.56 Å². The first-order chi connectivity index (χ1) is 14.1. The summed E-state index contributed by atoms with van der Waals surface area (Å²) in [7, 11) is 0. The van der Waals surface area contributed by atoms with Crippen molar-refractivity contribution in [3.63, 3.8) is 0 Å². The number of fused-ring (bicyclic) bond motifs is 1. The molecule has 8 nitrogen and oxygen atoms in total. The van der Waals surface area contributed by atoms with E-state index in [1.165, 1.54) is 23.0 Å². The Morgan fingerprint density at radius 1 is 1.33 bits per heavy atom. The van der Waals surface area contributed by atoms with E-state index in [1.807, 2.05) is 20.8 Å². The lowest BCUT2D eigenvalue weighted by molar-refractivity contribution is -0.0486. The van der Waals surface area contributed by atoms with Gasteiger partial charge in [0.15, 0.2) is 11.6 Å². The molecule has 1 spiro atoms. The number of hydrogen-bond donors (Lipinski definition) is 1. The first-order valence-corrected chi connectivity index (χ1v) is 10.1. The standard InChI is InChI=1S/C21H26FN3O5/c1-20(2,3)30-19(28)24-8-6-21(7-9-24)10-13(11-29-21)25-12-23-14-4-5-15(26)17(22)16(14)18(25)27/h4-5,12-13,26H,6-11H2,1-3H3. The molecule has 0 radical (unpaired) electrons. The third kappa shape index (κ3) is 3.74. The van der Waals surface area contributed by atoms with Crippen molar-refractivity contribution >= 4 is 17.0 Å². The molecule has 2 aliphatic rings. The zero-order valence-corrected chi connectivity index (χ0v) is 17.4. The highest BCUT2D eigenvalue weighted by molar-refractivity contribution is 5.79. The maximum atomic E-state index is 14.3. The molecule has 9 heteroatoms. The number of amides is 1. The lowest BCUT2D eigenvalue weighted by Gasteiger charge is -2.39. The van der Waals surface area contributed by atoms with Gasteiger partial charge in [0.05, 0.1) is 30.1 Å². The van der Waals surface area contributed by atoms with Gasteiger partial charge in [-0.1, -0.05) is 0 Å². The number of halogens is 1. The molecule has 2 saturated heterocycles. The lowest BCUT2D eigenvalue weighted by Crippen LogP contribution is -2.48. The van der Waals surface area contributed by atoms with Crippen molar-refractivity contribution in [2.75, 3.05) is 19.7 Å². The Morgan fingerprint density at radius 3 is 2.70 bits per heavy atom. The Hall–Kier alpha value is -2.68. The van der Waals surface area contributed by atoms with Crippen LogP contribution in [0.4, 0.5) is 9.18 Å². The largest absolute Gasteiger partial charge is 0.505 e. The third-order valence-electron chi connectivity index (χ3n) is 5.78. The summed E-state index contributed by atoms with van der Waals surface area (Å²) in [5.74, 6) is -1.54. The minimum atomic E-state index is -0.960. The summed E-state index contributed by atoms with van der Waals surface area (Å²) in [4.78, 5) is 31.0. The molecular formula is C21H26FN3O5. The second-order valence-electron chi connectivity index (χ2n) is 9.07. The molecule has 2 fully saturated rings. The Bertz CT molecular complexity index is 1040. The van der Waals surface area contributed by atoms with Crippen molar-refractivity contribution in [1.82, 2.24) is 14.5 Å². The Balaban J connectivity index is 1.49. The zero-order chi connectivity index (χ0) is 21.7. The molecule has 0 aliphatic carbocycles. The predicted octanol–water partition coefficient (Wildman–Crippen LogP) is 2.97. The highest BCUT2D eigenvalue weighted by Gasteiger charge is 2.44. The van der Waals surface area contributed by atoms with Crippen LogP contribution in [0.5, 0.6) is 5.75 Å². The summed E-state index contributed by atoms with van der Waals surface area (Å²) in [6.07, 6.45) is 2.91. The molecule has 0 saturated carbocycles. The SMILES string of the molecule is CC(C)(C)OC(=O)N1CCC2(CC1)CC(n1cnc3ccc(O)c(F)c3c1=O)CO2. The monoisotopic (exact) mass is 419 g/mol. The van der Waals surface area contributed by atoms with E-state index in [9.17, 15) is 19.1 Å². The van der Waals surface area contributed by atoms with Gasteiger partial charge in [-0.15, -0.1) is 0 Å². The highest BCUT2D eigenvalue weighted by Crippen LogP contribution is 2.40. The first kappa shape index (κ1) is 20.6. The zero-order valence-electron chi connectivity index (χ0n) is 17.4. The smallest absolute Gasteiger partial charge is 0.410 e. The number of carbonyl (C=O) groups excluding carboxylic acids is 1. The van der Waals surface area contributed by atoms with E-state index in [2.05, 4.69) is 4.98 Å². The van der Waals surface area contributed by atoms with Crippen molar-refractivity contribution in [3.05, 3.63) is 34.6 Å². The quantitative estimate of drug-likeness (QED) is 0.764. The minimum absolute atomic E-state index is 0.200. The maximum absolute atomic E-state index is 14.3. The number of phenols is 1. The molecular weight excluding hydrogens is 393 g/mol. The van der Waals surface area contributed by atoms with Crippen LogP contribution in [0, 0.1) is 5.82 Å². The maximum Gasteiger partial charge on any atom is 0.410 e.